The maximum Gasteiger partial charge on any atom is 0.317 e. The Labute approximate surface area is 154 Å². The molecular formula is C14H27N3O10. The summed E-state index contributed by atoms with van der Waals surface area (Å²) in [4.78, 5) is 21.5. The smallest absolute Gasteiger partial charge is 0.317 e. The quantitative estimate of drug-likeness (QED) is 0.156. The van der Waals surface area contributed by atoms with Gasteiger partial charge in [-0.1, -0.05) is 0 Å². The van der Waals surface area contributed by atoms with Crippen LogP contribution in [0.5, 0.6) is 0 Å². The second kappa shape index (κ2) is 10.8. The fraction of sp³-hybridized carbons (Fsp3) is 0.857. The second-order valence-corrected chi connectivity index (χ2v) is 6.32. The third-order valence-electron chi connectivity index (χ3n) is 4.38. The molecule has 0 saturated heterocycles. The molecule has 0 amide bonds. The number of aliphatic hydroxyl groups is 6. The number of aliphatic carboxylic acids is 2. The van der Waals surface area contributed by atoms with Gasteiger partial charge in [-0.2, -0.15) is 0 Å². The minimum absolute atomic E-state index is 0.353. The fourth-order valence-electron chi connectivity index (χ4n) is 2.93. The minimum atomic E-state index is -1.53. The van der Waals surface area contributed by atoms with Crippen LogP contribution in [0.3, 0.4) is 0 Å². The standard InChI is InChI=1S/C14H27N3O10/c18-4-6(20)5(19)1-15-9-12(25)10(16-2-7(21)22)14(27)11(13(9)26)17-3-8(23)24/h5-6,9-20,25-27H,1-4H2,(H,21,22)(H,23,24). The molecule has 1 saturated carbocycles. The van der Waals surface area contributed by atoms with Crippen LogP contribution in [0.1, 0.15) is 0 Å². The zero-order chi connectivity index (χ0) is 20.7. The number of hydrogen-bond donors (Lipinski definition) is 11. The van der Waals surface area contributed by atoms with Gasteiger partial charge in [0.1, 0.15) is 6.10 Å². The van der Waals surface area contributed by atoms with Crippen LogP contribution in [-0.4, -0.2) is 128 Å². The molecule has 27 heavy (non-hydrogen) atoms. The maximum absolute atomic E-state index is 10.8. The van der Waals surface area contributed by atoms with Crippen LogP contribution in [-0.2, 0) is 9.59 Å². The van der Waals surface area contributed by atoms with Gasteiger partial charge in [0.2, 0.25) is 0 Å². The van der Waals surface area contributed by atoms with E-state index in [1.807, 2.05) is 0 Å². The Kier molecular flexibility index (Phi) is 9.44. The van der Waals surface area contributed by atoms with E-state index in [0.717, 1.165) is 0 Å². The molecule has 6 unspecified atom stereocenters. The van der Waals surface area contributed by atoms with Crippen molar-refractivity contribution in [1.29, 1.82) is 0 Å². The number of rotatable bonds is 11. The summed E-state index contributed by atoms with van der Waals surface area (Å²) >= 11 is 0. The van der Waals surface area contributed by atoms with Gasteiger partial charge in [0.05, 0.1) is 62.2 Å². The Morgan fingerprint density at radius 1 is 0.741 bits per heavy atom. The van der Waals surface area contributed by atoms with Crippen LogP contribution in [0.25, 0.3) is 0 Å². The Morgan fingerprint density at radius 2 is 1.11 bits per heavy atom. The summed E-state index contributed by atoms with van der Waals surface area (Å²) in [7, 11) is 0. The first-order chi connectivity index (χ1) is 12.6. The normalized spacial score (nSPS) is 33.4. The average molecular weight is 397 g/mol. The largest absolute Gasteiger partial charge is 0.480 e. The van der Waals surface area contributed by atoms with Gasteiger partial charge < -0.3 is 46.2 Å². The molecule has 1 fully saturated rings. The van der Waals surface area contributed by atoms with Crippen LogP contribution in [0.4, 0.5) is 0 Å². The summed E-state index contributed by atoms with van der Waals surface area (Å²) in [6.45, 7) is -2.30. The van der Waals surface area contributed by atoms with E-state index in [9.17, 15) is 35.1 Å². The molecule has 1 aliphatic carbocycles. The third-order valence-corrected chi connectivity index (χ3v) is 4.38. The van der Waals surface area contributed by atoms with Crippen molar-refractivity contribution >= 4 is 11.9 Å². The van der Waals surface area contributed by atoms with Gasteiger partial charge in [-0.25, -0.2) is 0 Å². The highest BCUT2D eigenvalue weighted by Crippen LogP contribution is 2.22. The Hall–Kier alpha value is -1.42. The zero-order valence-corrected chi connectivity index (χ0v) is 14.3. The first kappa shape index (κ1) is 23.6. The minimum Gasteiger partial charge on any atom is -0.480 e. The number of carbonyl (C=O) groups is 2. The lowest BCUT2D eigenvalue weighted by molar-refractivity contribution is -0.138. The van der Waals surface area contributed by atoms with E-state index in [2.05, 4.69) is 16.0 Å². The van der Waals surface area contributed by atoms with Crippen LogP contribution < -0.4 is 16.0 Å². The number of nitrogens with one attached hydrogen (secondary N) is 3. The predicted octanol–water partition coefficient (Wildman–Crippen LogP) is -6.16. The number of hydrogen-bond acceptors (Lipinski definition) is 11. The summed E-state index contributed by atoms with van der Waals surface area (Å²) in [5.74, 6) is -2.52. The van der Waals surface area contributed by atoms with E-state index in [1.165, 1.54) is 0 Å². The van der Waals surface area contributed by atoms with Crippen molar-refractivity contribution in [3.63, 3.8) is 0 Å². The number of aliphatic hydroxyl groups excluding tert-OH is 6. The van der Waals surface area contributed by atoms with E-state index in [1.54, 1.807) is 0 Å². The lowest BCUT2D eigenvalue weighted by Gasteiger charge is -2.47. The molecule has 11 N–H and O–H groups in total. The Balaban J connectivity index is 2.92. The Morgan fingerprint density at radius 3 is 1.44 bits per heavy atom. The Bertz CT molecular complexity index is 464. The van der Waals surface area contributed by atoms with Crippen molar-refractivity contribution in [2.75, 3.05) is 26.2 Å². The van der Waals surface area contributed by atoms with Crippen molar-refractivity contribution in [3.05, 3.63) is 0 Å². The lowest BCUT2D eigenvalue weighted by atomic mass is 9.79. The summed E-state index contributed by atoms with van der Waals surface area (Å²) < 4.78 is 0. The molecule has 0 aliphatic heterocycles. The van der Waals surface area contributed by atoms with Gasteiger partial charge in [0, 0.05) is 6.54 Å². The van der Waals surface area contributed by atoms with E-state index in [-0.39, 0.29) is 6.54 Å². The van der Waals surface area contributed by atoms with Crippen molar-refractivity contribution in [2.45, 2.75) is 48.6 Å². The highest BCUT2D eigenvalue weighted by atomic mass is 16.4. The molecule has 13 nitrogen and oxygen atoms in total. The first-order valence-corrected chi connectivity index (χ1v) is 8.25. The second-order valence-electron chi connectivity index (χ2n) is 6.32. The lowest BCUT2D eigenvalue weighted by Crippen LogP contribution is -2.74. The molecule has 0 bridgehead atoms. The highest BCUT2D eigenvalue weighted by Gasteiger charge is 2.49. The molecule has 158 valence electrons. The molecule has 0 aromatic heterocycles. The van der Waals surface area contributed by atoms with Crippen molar-refractivity contribution in [1.82, 2.24) is 16.0 Å². The van der Waals surface area contributed by atoms with Gasteiger partial charge in [-0.05, 0) is 0 Å². The molecule has 0 radical (unpaired) electrons. The summed E-state index contributed by atoms with van der Waals surface area (Å²) in [5.41, 5.74) is 0. The monoisotopic (exact) mass is 397 g/mol. The first-order valence-electron chi connectivity index (χ1n) is 8.25. The molecule has 1 rings (SSSR count). The molecule has 0 spiro atoms. The average Bonchev–Trinajstić information content (AvgIpc) is 2.59. The molecule has 0 aromatic rings. The van der Waals surface area contributed by atoms with Gasteiger partial charge >= 0.3 is 11.9 Å². The molecular weight excluding hydrogens is 370 g/mol. The van der Waals surface area contributed by atoms with Crippen molar-refractivity contribution < 1.29 is 50.4 Å². The van der Waals surface area contributed by atoms with Gasteiger partial charge in [-0.15, -0.1) is 0 Å². The van der Waals surface area contributed by atoms with E-state index in [4.69, 9.17) is 15.3 Å². The molecule has 0 aromatic carbocycles. The zero-order valence-electron chi connectivity index (χ0n) is 14.3. The third kappa shape index (κ3) is 6.60. The fourth-order valence-corrected chi connectivity index (χ4v) is 2.93. The van der Waals surface area contributed by atoms with Crippen LogP contribution in [0.2, 0.25) is 0 Å². The highest BCUT2D eigenvalue weighted by molar-refractivity contribution is 5.69. The summed E-state index contributed by atoms with van der Waals surface area (Å²) in [6.07, 6.45) is -7.47. The van der Waals surface area contributed by atoms with Crippen molar-refractivity contribution in [3.8, 4) is 0 Å². The van der Waals surface area contributed by atoms with Crippen molar-refractivity contribution in [2.24, 2.45) is 0 Å². The maximum atomic E-state index is 10.8. The predicted molar refractivity (Wildman–Crippen MR) is 87.8 cm³/mol. The topological polar surface area (TPSA) is 232 Å². The van der Waals surface area contributed by atoms with Gasteiger partial charge in [0.15, 0.2) is 0 Å². The van der Waals surface area contributed by atoms with Crippen LogP contribution in [0, 0.1) is 0 Å². The summed E-state index contributed by atoms with van der Waals surface area (Å²) in [6, 6.07) is -3.70. The van der Waals surface area contributed by atoms with Crippen LogP contribution in [0.15, 0.2) is 0 Å². The molecule has 0 heterocycles. The molecule has 6 atom stereocenters. The SMILES string of the molecule is O=C(O)CNC1C(O)C(NCC(=O)O)C(O)C(NCC(O)C(O)CO)C1O. The summed E-state index contributed by atoms with van der Waals surface area (Å²) in [5, 5.41) is 84.0. The van der Waals surface area contributed by atoms with Crippen LogP contribution >= 0.6 is 0 Å². The number of carboxylic acids is 2. The van der Waals surface area contributed by atoms with Gasteiger partial charge in [-0.3, -0.25) is 20.2 Å². The van der Waals surface area contributed by atoms with E-state index < -0.39 is 80.3 Å². The van der Waals surface area contributed by atoms with E-state index in [0.29, 0.717) is 0 Å². The number of carboxylic acid groups (broad SMARTS) is 2. The molecule has 1 aliphatic rings. The van der Waals surface area contributed by atoms with E-state index >= 15 is 0 Å². The van der Waals surface area contributed by atoms with Gasteiger partial charge in [0.25, 0.3) is 0 Å². The molecule has 13 heteroatoms.